The second-order valence-corrected chi connectivity index (χ2v) is 6.41. The summed E-state index contributed by atoms with van der Waals surface area (Å²) in [4.78, 5) is 28.8. The average molecular weight is 340 g/mol. The monoisotopic (exact) mass is 340 g/mol. The zero-order chi connectivity index (χ0) is 17.8. The van der Waals surface area contributed by atoms with E-state index in [0.717, 1.165) is 36.5 Å². The maximum Gasteiger partial charge on any atom is 0.227 e. The Morgan fingerprint density at radius 3 is 2.72 bits per heavy atom. The van der Waals surface area contributed by atoms with E-state index in [0.29, 0.717) is 19.0 Å². The van der Waals surface area contributed by atoms with Gasteiger partial charge in [0.25, 0.3) is 0 Å². The third kappa shape index (κ3) is 4.04. The van der Waals surface area contributed by atoms with E-state index >= 15 is 0 Å². The van der Waals surface area contributed by atoms with Crippen LogP contribution in [0, 0.1) is 0 Å². The molecule has 2 aromatic heterocycles. The van der Waals surface area contributed by atoms with Crippen LogP contribution >= 0.6 is 0 Å². The summed E-state index contributed by atoms with van der Waals surface area (Å²) in [6, 6.07) is 4.04. The molecule has 0 saturated carbocycles. The third-order valence-corrected chi connectivity index (χ3v) is 4.35. The molecule has 1 N–H and O–H groups in total. The maximum absolute atomic E-state index is 11.7. The van der Waals surface area contributed by atoms with Gasteiger partial charge in [0.05, 0.1) is 12.2 Å². The third-order valence-electron chi connectivity index (χ3n) is 4.35. The maximum atomic E-state index is 11.7. The molecule has 25 heavy (non-hydrogen) atoms. The summed E-state index contributed by atoms with van der Waals surface area (Å²) in [5.41, 5.74) is 3.30. The fourth-order valence-electron chi connectivity index (χ4n) is 2.91. The molecule has 0 saturated heterocycles. The minimum atomic E-state index is 0.0860. The van der Waals surface area contributed by atoms with Crippen molar-refractivity contribution < 1.29 is 4.79 Å². The van der Waals surface area contributed by atoms with E-state index in [-0.39, 0.29) is 5.91 Å². The van der Waals surface area contributed by atoms with E-state index in [1.54, 1.807) is 6.92 Å². The quantitative estimate of drug-likeness (QED) is 0.889. The number of aromatic nitrogens is 3. The van der Waals surface area contributed by atoms with Crippen LogP contribution < -0.4 is 10.2 Å². The lowest BCUT2D eigenvalue weighted by Crippen LogP contribution is -2.36. The minimum Gasteiger partial charge on any atom is -0.369 e. The van der Waals surface area contributed by atoms with Gasteiger partial charge >= 0.3 is 0 Å². The van der Waals surface area contributed by atoms with Crippen LogP contribution in [0.1, 0.15) is 23.7 Å². The number of nitrogens with zero attached hydrogens (tertiary/aromatic N) is 5. The molecule has 0 fully saturated rings. The number of rotatable bonds is 5. The first-order chi connectivity index (χ1) is 12.0. The van der Waals surface area contributed by atoms with Crippen LogP contribution in [0.5, 0.6) is 0 Å². The van der Waals surface area contributed by atoms with Gasteiger partial charge in [-0.15, -0.1) is 0 Å². The summed E-state index contributed by atoms with van der Waals surface area (Å²) in [7, 11) is 3.85. The Kier molecular flexibility index (Phi) is 5.11. The lowest BCUT2D eigenvalue weighted by Gasteiger charge is -2.29. The number of nitrogens with one attached hydrogen (secondary N) is 1. The molecular weight excluding hydrogens is 316 g/mol. The molecule has 0 unspecified atom stereocenters. The van der Waals surface area contributed by atoms with Crippen molar-refractivity contribution in [1.82, 2.24) is 19.9 Å². The number of carbonyl (C=O) groups excluding carboxylic acids is 1. The minimum absolute atomic E-state index is 0.0860. The molecular formula is C18H24N6O. The van der Waals surface area contributed by atoms with Crippen molar-refractivity contribution in [2.45, 2.75) is 26.3 Å². The van der Waals surface area contributed by atoms with Crippen molar-refractivity contribution in [3.63, 3.8) is 0 Å². The van der Waals surface area contributed by atoms with Gasteiger partial charge in [-0.2, -0.15) is 4.98 Å². The van der Waals surface area contributed by atoms with Crippen LogP contribution in [0.15, 0.2) is 24.5 Å². The number of fused-ring (bicyclic) bond motifs is 1. The summed E-state index contributed by atoms with van der Waals surface area (Å²) < 4.78 is 0. The highest BCUT2D eigenvalue weighted by Gasteiger charge is 2.24. The summed E-state index contributed by atoms with van der Waals surface area (Å²) in [6.45, 7) is 3.66. The molecule has 3 rings (SSSR count). The van der Waals surface area contributed by atoms with Crippen molar-refractivity contribution in [3.8, 4) is 0 Å². The molecule has 7 nitrogen and oxygen atoms in total. The van der Waals surface area contributed by atoms with Gasteiger partial charge in [-0.3, -0.25) is 9.78 Å². The first-order valence-electron chi connectivity index (χ1n) is 8.50. The van der Waals surface area contributed by atoms with E-state index in [2.05, 4.69) is 20.3 Å². The lowest BCUT2D eigenvalue weighted by molar-refractivity contribution is -0.129. The highest BCUT2D eigenvalue weighted by molar-refractivity contribution is 5.73. The Balaban J connectivity index is 1.79. The largest absolute Gasteiger partial charge is 0.369 e. The van der Waals surface area contributed by atoms with Crippen LogP contribution in [0.2, 0.25) is 0 Å². The van der Waals surface area contributed by atoms with Gasteiger partial charge in [0.15, 0.2) is 0 Å². The van der Waals surface area contributed by atoms with Gasteiger partial charge in [0.1, 0.15) is 5.82 Å². The van der Waals surface area contributed by atoms with E-state index in [4.69, 9.17) is 0 Å². The zero-order valence-corrected chi connectivity index (χ0v) is 15.0. The molecule has 0 aromatic carbocycles. The lowest BCUT2D eigenvalue weighted by atomic mass is 10.1. The van der Waals surface area contributed by atoms with Crippen LogP contribution in [0.25, 0.3) is 0 Å². The molecule has 1 aliphatic heterocycles. The SMILES string of the molecule is CC(=O)N1CCc2c(nc(N(C)C)nc2NCCc2ccncc2)C1. The van der Waals surface area contributed by atoms with E-state index < -0.39 is 0 Å². The molecule has 0 spiro atoms. The van der Waals surface area contributed by atoms with Gasteiger partial charge in [0, 0.05) is 52.1 Å². The van der Waals surface area contributed by atoms with Crippen molar-refractivity contribution in [2.75, 3.05) is 37.4 Å². The van der Waals surface area contributed by atoms with Crippen LogP contribution in [0.4, 0.5) is 11.8 Å². The Hall–Kier alpha value is -2.70. The molecule has 0 bridgehead atoms. The van der Waals surface area contributed by atoms with Crippen molar-refractivity contribution in [2.24, 2.45) is 0 Å². The highest BCUT2D eigenvalue weighted by atomic mass is 16.2. The number of hydrogen-bond donors (Lipinski definition) is 1. The topological polar surface area (TPSA) is 74.2 Å². The first kappa shape index (κ1) is 17.1. The van der Waals surface area contributed by atoms with Crippen molar-refractivity contribution in [3.05, 3.63) is 41.3 Å². The molecule has 0 radical (unpaired) electrons. The Bertz CT molecular complexity index is 747. The molecule has 0 aliphatic carbocycles. The normalized spacial score (nSPS) is 13.3. The van der Waals surface area contributed by atoms with Gasteiger partial charge in [-0.25, -0.2) is 4.98 Å². The summed E-state index contributed by atoms with van der Waals surface area (Å²) >= 11 is 0. The number of amides is 1. The van der Waals surface area contributed by atoms with E-state index in [1.807, 2.05) is 48.4 Å². The molecule has 2 aromatic rings. The fourth-order valence-corrected chi connectivity index (χ4v) is 2.91. The van der Waals surface area contributed by atoms with Gasteiger partial charge in [0.2, 0.25) is 11.9 Å². The molecule has 3 heterocycles. The number of anilines is 2. The molecule has 0 atom stereocenters. The predicted molar refractivity (Wildman–Crippen MR) is 97.6 cm³/mol. The molecule has 1 aliphatic rings. The molecule has 132 valence electrons. The fraction of sp³-hybridized carbons (Fsp3) is 0.444. The predicted octanol–water partition coefficient (Wildman–Crippen LogP) is 1.50. The highest BCUT2D eigenvalue weighted by Crippen LogP contribution is 2.25. The Morgan fingerprint density at radius 2 is 2.04 bits per heavy atom. The second-order valence-electron chi connectivity index (χ2n) is 6.41. The van der Waals surface area contributed by atoms with Gasteiger partial charge in [-0.05, 0) is 30.5 Å². The number of carbonyl (C=O) groups is 1. The van der Waals surface area contributed by atoms with E-state index in [1.165, 1.54) is 5.56 Å². The van der Waals surface area contributed by atoms with Crippen LogP contribution in [-0.4, -0.2) is 52.9 Å². The van der Waals surface area contributed by atoms with Gasteiger partial charge < -0.3 is 15.1 Å². The molecule has 1 amide bonds. The smallest absolute Gasteiger partial charge is 0.227 e. The molecule has 7 heteroatoms. The Labute approximate surface area is 148 Å². The summed E-state index contributed by atoms with van der Waals surface area (Å²) in [5, 5.41) is 3.46. The second kappa shape index (κ2) is 7.46. The van der Waals surface area contributed by atoms with Crippen LogP contribution in [-0.2, 0) is 24.2 Å². The number of hydrogen-bond acceptors (Lipinski definition) is 6. The average Bonchev–Trinajstić information content (AvgIpc) is 2.61. The summed E-state index contributed by atoms with van der Waals surface area (Å²) in [5.74, 6) is 1.63. The van der Waals surface area contributed by atoms with E-state index in [9.17, 15) is 4.79 Å². The zero-order valence-electron chi connectivity index (χ0n) is 15.0. The first-order valence-corrected chi connectivity index (χ1v) is 8.50. The van der Waals surface area contributed by atoms with Gasteiger partial charge in [-0.1, -0.05) is 0 Å². The Morgan fingerprint density at radius 1 is 1.28 bits per heavy atom. The van der Waals surface area contributed by atoms with Crippen LogP contribution in [0.3, 0.4) is 0 Å². The van der Waals surface area contributed by atoms with Crippen molar-refractivity contribution in [1.29, 1.82) is 0 Å². The summed E-state index contributed by atoms with van der Waals surface area (Å²) in [6.07, 6.45) is 5.29. The van der Waals surface area contributed by atoms with Crippen molar-refractivity contribution >= 4 is 17.7 Å². The number of pyridine rings is 1. The standard InChI is InChI=1S/C18H24N6O/c1-13(25)24-11-7-15-16(12-24)21-18(23(2)3)22-17(15)20-10-6-14-4-8-19-9-5-14/h4-5,8-9H,6-7,10-12H2,1-3H3,(H,20,21,22).